The third-order valence-corrected chi connectivity index (χ3v) is 3.00. The minimum Gasteiger partial charge on any atom is -0.385 e. The standard InChI is InChI=1S/C11H21NO2/c1-12(8-3-9-14-2)10-4-6-11(13)7-5-10/h10H,3-9H2,1-2H3. The molecule has 1 aliphatic carbocycles. The molecule has 0 aromatic rings. The fourth-order valence-electron chi connectivity index (χ4n) is 2.01. The van der Waals surface area contributed by atoms with Crippen molar-refractivity contribution < 1.29 is 9.53 Å². The first-order chi connectivity index (χ1) is 6.74. The van der Waals surface area contributed by atoms with E-state index >= 15 is 0 Å². The molecule has 82 valence electrons. The average Bonchev–Trinajstić information content (AvgIpc) is 2.19. The maximum absolute atomic E-state index is 11.1. The number of carbonyl (C=O) groups is 1. The molecule has 0 aromatic carbocycles. The predicted octanol–water partition coefficient (Wildman–Crippen LogP) is 1.47. The number of carbonyl (C=O) groups excluding carboxylic acids is 1. The van der Waals surface area contributed by atoms with Crippen molar-refractivity contribution in [1.82, 2.24) is 4.90 Å². The second-order valence-electron chi connectivity index (χ2n) is 4.10. The molecular formula is C11H21NO2. The van der Waals surface area contributed by atoms with E-state index in [0.29, 0.717) is 11.8 Å². The van der Waals surface area contributed by atoms with Gasteiger partial charge in [-0.05, 0) is 26.3 Å². The fourth-order valence-corrected chi connectivity index (χ4v) is 2.01. The first-order valence-electron chi connectivity index (χ1n) is 5.45. The predicted molar refractivity (Wildman–Crippen MR) is 56.4 cm³/mol. The van der Waals surface area contributed by atoms with E-state index < -0.39 is 0 Å². The van der Waals surface area contributed by atoms with Gasteiger partial charge in [-0.1, -0.05) is 0 Å². The zero-order valence-corrected chi connectivity index (χ0v) is 9.29. The number of hydrogen-bond acceptors (Lipinski definition) is 3. The number of hydrogen-bond donors (Lipinski definition) is 0. The molecule has 0 bridgehead atoms. The highest BCUT2D eigenvalue weighted by Gasteiger charge is 2.21. The van der Waals surface area contributed by atoms with E-state index in [1.54, 1.807) is 7.11 Å². The molecule has 0 aliphatic heterocycles. The molecule has 1 fully saturated rings. The molecule has 0 unspecified atom stereocenters. The van der Waals surface area contributed by atoms with E-state index in [1.807, 2.05) is 0 Å². The summed E-state index contributed by atoms with van der Waals surface area (Å²) in [6.07, 6.45) is 4.72. The molecule has 14 heavy (non-hydrogen) atoms. The smallest absolute Gasteiger partial charge is 0.133 e. The lowest BCUT2D eigenvalue weighted by Gasteiger charge is -2.30. The number of methoxy groups -OCH3 is 1. The van der Waals surface area contributed by atoms with E-state index in [9.17, 15) is 4.79 Å². The van der Waals surface area contributed by atoms with Gasteiger partial charge in [-0.2, -0.15) is 0 Å². The van der Waals surface area contributed by atoms with Crippen LogP contribution in [0.2, 0.25) is 0 Å². The molecular weight excluding hydrogens is 178 g/mol. The number of rotatable bonds is 5. The summed E-state index contributed by atoms with van der Waals surface area (Å²) in [5.41, 5.74) is 0. The van der Waals surface area contributed by atoms with Crippen molar-refractivity contribution in [2.24, 2.45) is 0 Å². The van der Waals surface area contributed by atoms with Crippen molar-refractivity contribution in [2.45, 2.75) is 38.1 Å². The normalized spacial score (nSPS) is 19.2. The van der Waals surface area contributed by atoms with Crippen LogP contribution >= 0.6 is 0 Å². The minimum absolute atomic E-state index is 0.437. The van der Waals surface area contributed by atoms with Crippen LogP contribution in [0.5, 0.6) is 0 Å². The van der Waals surface area contributed by atoms with Crippen LogP contribution in [0.3, 0.4) is 0 Å². The maximum Gasteiger partial charge on any atom is 0.133 e. The van der Waals surface area contributed by atoms with Gasteiger partial charge in [-0.3, -0.25) is 4.79 Å². The van der Waals surface area contributed by atoms with E-state index in [1.165, 1.54) is 0 Å². The number of ether oxygens (including phenoxy) is 1. The van der Waals surface area contributed by atoms with Crippen molar-refractivity contribution >= 4 is 5.78 Å². The van der Waals surface area contributed by atoms with E-state index in [4.69, 9.17) is 4.74 Å². The van der Waals surface area contributed by atoms with Gasteiger partial charge in [0.1, 0.15) is 5.78 Å². The van der Waals surface area contributed by atoms with Crippen molar-refractivity contribution in [3.63, 3.8) is 0 Å². The van der Waals surface area contributed by atoms with E-state index in [-0.39, 0.29) is 0 Å². The highest BCUT2D eigenvalue weighted by Crippen LogP contribution is 2.19. The Morgan fingerprint density at radius 1 is 1.43 bits per heavy atom. The summed E-state index contributed by atoms with van der Waals surface area (Å²) in [5.74, 6) is 0.437. The van der Waals surface area contributed by atoms with Gasteiger partial charge in [-0.25, -0.2) is 0 Å². The molecule has 0 amide bonds. The summed E-state index contributed by atoms with van der Waals surface area (Å²) >= 11 is 0. The molecule has 3 heteroatoms. The fraction of sp³-hybridized carbons (Fsp3) is 0.909. The molecule has 0 heterocycles. The highest BCUT2D eigenvalue weighted by molar-refractivity contribution is 5.79. The molecule has 0 radical (unpaired) electrons. The van der Waals surface area contributed by atoms with Crippen LogP contribution in [0, 0.1) is 0 Å². The van der Waals surface area contributed by atoms with Gasteiger partial charge in [-0.15, -0.1) is 0 Å². The Balaban J connectivity index is 2.16. The second kappa shape index (κ2) is 6.14. The van der Waals surface area contributed by atoms with Crippen molar-refractivity contribution in [2.75, 3.05) is 27.3 Å². The second-order valence-corrected chi connectivity index (χ2v) is 4.10. The quantitative estimate of drug-likeness (QED) is 0.628. The molecule has 1 rings (SSSR count). The topological polar surface area (TPSA) is 29.5 Å². The Bertz CT molecular complexity index is 172. The number of ketones is 1. The van der Waals surface area contributed by atoms with Gasteiger partial charge in [0, 0.05) is 39.1 Å². The Labute approximate surface area is 86.4 Å². The average molecular weight is 199 g/mol. The first-order valence-corrected chi connectivity index (χ1v) is 5.45. The van der Waals surface area contributed by atoms with E-state index in [2.05, 4.69) is 11.9 Å². The van der Waals surface area contributed by atoms with Gasteiger partial charge in [0.25, 0.3) is 0 Å². The summed E-state index contributed by atoms with van der Waals surface area (Å²) in [5, 5.41) is 0. The zero-order valence-electron chi connectivity index (χ0n) is 9.29. The summed E-state index contributed by atoms with van der Waals surface area (Å²) in [6.45, 7) is 1.91. The summed E-state index contributed by atoms with van der Waals surface area (Å²) in [4.78, 5) is 13.4. The molecule has 3 nitrogen and oxygen atoms in total. The molecule has 1 saturated carbocycles. The largest absolute Gasteiger partial charge is 0.385 e. The van der Waals surface area contributed by atoms with Crippen LogP contribution in [-0.2, 0) is 9.53 Å². The zero-order chi connectivity index (χ0) is 10.4. The van der Waals surface area contributed by atoms with Crippen molar-refractivity contribution in [3.05, 3.63) is 0 Å². The SMILES string of the molecule is COCCCN(C)C1CCC(=O)CC1. The van der Waals surface area contributed by atoms with Crippen LogP contribution in [0.15, 0.2) is 0 Å². The van der Waals surface area contributed by atoms with Crippen LogP contribution in [-0.4, -0.2) is 44.0 Å². The Hall–Kier alpha value is -0.410. The third kappa shape index (κ3) is 3.76. The molecule has 0 spiro atoms. The monoisotopic (exact) mass is 199 g/mol. The molecule has 0 atom stereocenters. The van der Waals surface area contributed by atoms with Crippen LogP contribution in [0.25, 0.3) is 0 Å². The third-order valence-electron chi connectivity index (χ3n) is 3.00. The van der Waals surface area contributed by atoms with Crippen LogP contribution < -0.4 is 0 Å². The molecule has 0 N–H and O–H groups in total. The van der Waals surface area contributed by atoms with Crippen molar-refractivity contribution in [1.29, 1.82) is 0 Å². The minimum atomic E-state index is 0.437. The van der Waals surface area contributed by atoms with Gasteiger partial charge < -0.3 is 9.64 Å². The lowest BCUT2D eigenvalue weighted by Crippen LogP contribution is -2.36. The first kappa shape index (κ1) is 11.7. The summed E-state index contributed by atoms with van der Waals surface area (Å²) in [6, 6.07) is 0.615. The lowest BCUT2D eigenvalue weighted by atomic mass is 9.93. The molecule has 0 aromatic heterocycles. The van der Waals surface area contributed by atoms with Crippen LogP contribution in [0.4, 0.5) is 0 Å². The van der Waals surface area contributed by atoms with Crippen LogP contribution in [0.1, 0.15) is 32.1 Å². The lowest BCUT2D eigenvalue weighted by molar-refractivity contribution is -0.121. The summed E-state index contributed by atoms with van der Waals surface area (Å²) < 4.78 is 5.02. The number of nitrogens with zero attached hydrogens (tertiary/aromatic N) is 1. The highest BCUT2D eigenvalue weighted by atomic mass is 16.5. The Morgan fingerprint density at radius 2 is 2.07 bits per heavy atom. The molecule has 1 aliphatic rings. The van der Waals surface area contributed by atoms with Gasteiger partial charge in [0.05, 0.1) is 0 Å². The van der Waals surface area contributed by atoms with E-state index in [0.717, 1.165) is 45.3 Å². The van der Waals surface area contributed by atoms with Crippen molar-refractivity contribution in [3.8, 4) is 0 Å². The summed E-state index contributed by atoms with van der Waals surface area (Å²) in [7, 11) is 3.88. The number of Topliss-reactive ketones (excluding diaryl/α,β-unsaturated/α-hetero) is 1. The van der Waals surface area contributed by atoms with Gasteiger partial charge in [0.2, 0.25) is 0 Å². The van der Waals surface area contributed by atoms with Gasteiger partial charge >= 0.3 is 0 Å². The molecule has 0 saturated heterocycles. The van der Waals surface area contributed by atoms with Gasteiger partial charge in [0.15, 0.2) is 0 Å². The maximum atomic E-state index is 11.1. The Kier molecular flexibility index (Phi) is 5.12. The Morgan fingerprint density at radius 3 is 2.64 bits per heavy atom.